The van der Waals surface area contributed by atoms with E-state index < -0.39 is 29.4 Å². The Labute approximate surface area is 129 Å². The van der Waals surface area contributed by atoms with Crippen molar-refractivity contribution in [3.05, 3.63) is 53.4 Å². The first-order chi connectivity index (χ1) is 11.0. The number of benzene rings is 1. The van der Waals surface area contributed by atoms with E-state index >= 15 is 0 Å². The van der Waals surface area contributed by atoms with Gasteiger partial charge < -0.3 is 10.3 Å². The van der Waals surface area contributed by atoms with Crippen molar-refractivity contribution in [1.82, 2.24) is 19.7 Å². The maximum atomic E-state index is 14.1. The lowest BCUT2D eigenvalue weighted by atomic mass is 9.86. The van der Waals surface area contributed by atoms with Gasteiger partial charge in [0, 0.05) is 31.0 Å². The van der Waals surface area contributed by atoms with Gasteiger partial charge in [-0.1, -0.05) is 0 Å². The van der Waals surface area contributed by atoms with E-state index in [0.29, 0.717) is 30.4 Å². The molecule has 2 aromatic heterocycles. The molecule has 118 valence electrons. The molecule has 0 aliphatic carbocycles. The van der Waals surface area contributed by atoms with Crippen LogP contribution in [0.1, 0.15) is 17.3 Å². The smallest absolute Gasteiger partial charge is 0.161 e. The van der Waals surface area contributed by atoms with Crippen molar-refractivity contribution in [2.45, 2.75) is 24.9 Å². The fourth-order valence-corrected chi connectivity index (χ4v) is 3.15. The Morgan fingerprint density at radius 2 is 1.78 bits per heavy atom. The van der Waals surface area contributed by atoms with E-state index in [1.807, 2.05) is 4.57 Å². The summed E-state index contributed by atoms with van der Waals surface area (Å²) in [5.41, 5.74) is 7.72. The van der Waals surface area contributed by atoms with Gasteiger partial charge in [-0.15, -0.1) is 0 Å². The highest BCUT2D eigenvalue weighted by molar-refractivity contribution is 5.74. The topological polar surface area (TPSA) is 69.6 Å². The van der Waals surface area contributed by atoms with Crippen LogP contribution in [0.2, 0.25) is 0 Å². The van der Waals surface area contributed by atoms with Gasteiger partial charge in [-0.2, -0.15) is 10.2 Å². The van der Waals surface area contributed by atoms with Crippen LogP contribution < -0.4 is 5.73 Å². The van der Waals surface area contributed by atoms with Gasteiger partial charge in [0.05, 0.1) is 17.9 Å². The lowest BCUT2D eigenvalue weighted by Gasteiger charge is -2.30. The molecule has 0 unspecified atom stereocenters. The molecule has 0 fully saturated rings. The Balaban J connectivity index is 1.79. The third kappa shape index (κ3) is 2.17. The molecule has 0 amide bonds. The third-order valence-corrected chi connectivity index (χ3v) is 4.29. The minimum Gasteiger partial charge on any atom is -0.326 e. The lowest BCUT2D eigenvalue weighted by Crippen LogP contribution is -2.39. The van der Waals surface area contributed by atoms with E-state index in [2.05, 4.69) is 15.2 Å². The van der Waals surface area contributed by atoms with Crippen molar-refractivity contribution in [3.8, 4) is 0 Å². The number of imidazole rings is 1. The molecule has 0 saturated carbocycles. The molecule has 4 rings (SSSR count). The van der Waals surface area contributed by atoms with Crippen molar-refractivity contribution in [1.29, 1.82) is 0 Å². The highest BCUT2D eigenvalue weighted by Crippen LogP contribution is 2.33. The van der Waals surface area contributed by atoms with E-state index in [4.69, 9.17) is 5.73 Å². The van der Waals surface area contributed by atoms with Crippen molar-refractivity contribution in [2.75, 3.05) is 0 Å². The summed E-state index contributed by atoms with van der Waals surface area (Å²) in [6.07, 6.45) is 3.47. The second kappa shape index (κ2) is 5.02. The highest BCUT2D eigenvalue weighted by Gasteiger charge is 2.32. The maximum Gasteiger partial charge on any atom is 0.161 e. The third-order valence-electron chi connectivity index (χ3n) is 4.29. The average Bonchev–Trinajstić information content (AvgIpc) is 2.88. The van der Waals surface area contributed by atoms with E-state index in [1.54, 1.807) is 12.4 Å². The largest absolute Gasteiger partial charge is 0.326 e. The van der Waals surface area contributed by atoms with Crippen LogP contribution >= 0.6 is 0 Å². The minimum atomic E-state index is -1.21. The van der Waals surface area contributed by atoms with Crippen LogP contribution in [-0.2, 0) is 13.0 Å². The molecule has 23 heavy (non-hydrogen) atoms. The molecule has 1 aliphatic heterocycles. The van der Waals surface area contributed by atoms with Gasteiger partial charge in [-0.3, -0.25) is 0 Å². The zero-order valence-corrected chi connectivity index (χ0v) is 11.9. The zero-order chi connectivity index (χ0) is 16.1. The van der Waals surface area contributed by atoms with Crippen LogP contribution in [0.25, 0.3) is 11.0 Å². The first-order valence-corrected chi connectivity index (χ1v) is 7.10. The summed E-state index contributed by atoms with van der Waals surface area (Å²) >= 11 is 0. The molecule has 0 saturated heterocycles. The molecule has 3 heterocycles. The van der Waals surface area contributed by atoms with Crippen molar-refractivity contribution in [3.63, 3.8) is 0 Å². The molecule has 2 atom stereocenters. The molecule has 5 nitrogen and oxygen atoms in total. The quantitative estimate of drug-likeness (QED) is 0.696. The number of fused-ring (bicyclic) bond motifs is 3. The lowest BCUT2D eigenvalue weighted by molar-refractivity contribution is 0.391. The Kier molecular flexibility index (Phi) is 3.08. The summed E-state index contributed by atoms with van der Waals surface area (Å²) in [5.74, 6) is -2.86. The van der Waals surface area contributed by atoms with Crippen LogP contribution in [0.4, 0.5) is 13.2 Å². The number of nitrogens with zero attached hydrogens (tertiary/aromatic N) is 4. The normalized spacial score (nSPS) is 20.7. The van der Waals surface area contributed by atoms with Crippen LogP contribution in [0.15, 0.2) is 24.5 Å². The molecule has 0 spiro atoms. The molecular formula is C15H12F3N5. The molecule has 1 aliphatic rings. The summed E-state index contributed by atoms with van der Waals surface area (Å²) in [6.45, 7) is 0.390. The number of halogens is 3. The Morgan fingerprint density at radius 1 is 1.04 bits per heavy atom. The first kappa shape index (κ1) is 14.1. The molecular weight excluding hydrogens is 307 g/mol. The van der Waals surface area contributed by atoms with Crippen LogP contribution in [-0.4, -0.2) is 25.8 Å². The second-order valence-corrected chi connectivity index (χ2v) is 5.66. The summed E-state index contributed by atoms with van der Waals surface area (Å²) in [4.78, 5) is 4.45. The minimum absolute atomic E-state index is 0.0750. The van der Waals surface area contributed by atoms with Gasteiger partial charge in [0.2, 0.25) is 0 Å². The predicted octanol–water partition coefficient (Wildman–Crippen LogP) is 1.91. The molecule has 0 radical (unpaired) electrons. The fourth-order valence-electron chi connectivity index (χ4n) is 3.15. The fraction of sp³-hybridized carbons (Fsp3) is 0.267. The summed E-state index contributed by atoms with van der Waals surface area (Å²) in [5, 5.41) is 7.61. The Hall–Kier alpha value is -2.48. The van der Waals surface area contributed by atoms with Gasteiger partial charge in [0.15, 0.2) is 11.6 Å². The predicted molar refractivity (Wildman–Crippen MR) is 76.1 cm³/mol. The molecule has 3 aromatic rings. The van der Waals surface area contributed by atoms with Crippen molar-refractivity contribution in [2.24, 2.45) is 5.73 Å². The number of hydrogen-bond donors (Lipinski definition) is 1. The number of hydrogen-bond acceptors (Lipinski definition) is 4. The van der Waals surface area contributed by atoms with E-state index in [1.165, 1.54) is 0 Å². The van der Waals surface area contributed by atoms with E-state index in [0.717, 1.165) is 11.6 Å². The SMILES string of the molecule is N[C@H]1Cn2c(nc3cnncc32)C[C@@H]1c1cc(F)c(F)cc1F. The molecule has 8 heteroatoms. The van der Waals surface area contributed by atoms with E-state index in [9.17, 15) is 13.2 Å². The number of nitrogens with two attached hydrogens (primary N) is 1. The number of aromatic nitrogens is 4. The van der Waals surface area contributed by atoms with Gasteiger partial charge >= 0.3 is 0 Å². The summed E-state index contributed by atoms with van der Waals surface area (Å²) in [6, 6.07) is 0.992. The van der Waals surface area contributed by atoms with Gasteiger partial charge in [0.25, 0.3) is 0 Å². The van der Waals surface area contributed by atoms with Gasteiger partial charge in [-0.25, -0.2) is 18.2 Å². The van der Waals surface area contributed by atoms with E-state index in [-0.39, 0.29) is 5.56 Å². The monoisotopic (exact) mass is 319 g/mol. The Bertz CT molecular complexity index is 908. The second-order valence-electron chi connectivity index (χ2n) is 5.66. The summed E-state index contributed by atoms with van der Waals surface area (Å²) < 4.78 is 42.6. The van der Waals surface area contributed by atoms with Crippen LogP contribution in [0.5, 0.6) is 0 Å². The molecule has 2 N–H and O–H groups in total. The van der Waals surface area contributed by atoms with Crippen LogP contribution in [0.3, 0.4) is 0 Å². The van der Waals surface area contributed by atoms with Gasteiger partial charge in [0.1, 0.15) is 17.2 Å². The maximum absolute atomic E-state index is 14.1. The molecule has 0 bridgehead atoms. The standard InChI is InChI=1S/C15H12F3N5/c16-9-3-11(18)10(17)1-7(9)8-2-15-22-13-4-20-21-5-14(13)23(15)6-12(8)19/h1,3-5,8,12H,2,6,19H2/t8-,12+/m1/s1. The van der Waals surface area contributed by atoms with Crippen LogP contribution in [0, 0.1) is 17.5 Å². The van der Waals surface area contributed by atoms with Gasteiger partial charge in [-0.05, 0) is 11.6 Å². The highest BCUT2D eigenvalue weighted by atomic mass is 19.2. The average molecular weight is 319 g/mol. The Morgan fingerprint density at radius 3 is 2.61 bits per heavy atom. The summed E-state index contributed by atoms with van der Waals surface area (Å²) in [7, 11) is 0. The number of rotatable bonds is 1. The van der Waals surface area contributed by atoms with Crippen molar-refractivity contribution >= 4 is 11.0 Å². The van der Waals surface area contributed by atoms with Crippen molar-refractivity contribution < 1.29 is 13.2 Å². The first-order valence-electron chi connectivity index (χ1n) is 7.10. The molecule has 1 aromatic carbocycles. The zero-order valence-electron chi connectivity index (χ0n) is 11.9.